The maximum Gasteiger partial charge on any atom is 0.0731 e. The molecule has 0 aromatic heterocycles. The highest BCUT2D eigenvalue weighted by Gasteiger charge is 2.52. The highest BCUT2D eigenvalue weighted by atomic mass is 15.1. The average molecular weight is 660 g/mol. The molecule has 0 unspecified atom stereocenters. The van der Waals surface area contributed by atoms with Crippen LogP contribution in [0.1, 0.15) is 22.3 Å². The summed E-state index contributed by atoms with van der Waals surface area (Å²) in [6, 6.07) is 73.9. The van der Waals surface area contributed by atoms with Crippen LogP contribution in [0.3, 0.4) is 0 Å². The highest BCUT2D eigenvalue weighted by molar-refractivity contribution is 6.07. The first-order valence-electron chi connectivity index (χ1n) is 18.1. The Kier molecular flexibility index (Phi) is 6.23. The molecule has 0 aliphatic heterocycles. The van der Waals surface area contributed by atoms with Crippen LogP contribution >= 0.6 is 0 Å². The van der Waals surface area contributed by atoms with E-state index in [1.165, 1.54) is 77.2 Å². The van der Waals surface area contributed by atoms with Crippen LogP contribution < -0.4 is 4.90 Å². The van der Waals surface area contributed by atoms with Crippen molar-refractivity contribution in [3.8, 4) is 33.4 Å². The number of benzene rings is 9. The van der Waals surface area contributed by atoms with Gasteiger partial charge in [-0.3, -0.25) is 0 Å². The van der Waals surface area contributed by atoms with Gasteiger partial charge in [-0.1, -0.05) is 152 Å². The summed E-state index contributed by atoms with van der Waals surface area (Å²) in [5, 5.41) is 5.08. The van der Waals surface area contributed by atoms with Gasteiger partial charge in [0.05, 0.1) is 5.41 Å². The molecule has 52 heavy (non-hydrogen) atoms. The summed E-state index contributed by atoms with van der Waals surface area (Å²) >= 11 is 0. The maximum absolute atomic E-state index is 2.47. The van der Waals surface area contributed by atoms with E-state index in [1.54, 1.807) is 0 Å². The fourth-order valence-electron chi connectivity index (χ4n) is 9.25. The van der Waals surface area contributed by atoms with Crippen molar-refractivity contribution in [2.24, 2.45) is 0 Å². The highest BCUT2D eigenvalue weighted by Crippen LogP contribution is 2.64. The summed E-state index contributed by atoms with van der Waals surface area (Å²) in [6.45, 7) is 0. The Balaban J connectivity index is 1.16. The molecule has 1 nitrogen and oxygen atoms in total. The molecule has 0 fully saturated rings. The zero-order valence-corrected chi connectivity index (χ0v) is 28.5. The third kappa shape index (κ3) is 4.05. The zero-order valence-electron chi connectivity index (χ0n) is 28.5. The first kappa shape index (κ1) is 29.1. The lowest BCUT2D eigenvalue weighted by molar-refractivity contribution is 0.802. The standard InChI is InChI=1S/C51H33N/c1-3-13-34(14-4-1)35-23-26-40(27-24-35)52(39-17-5-2-6-18-39)41-28-30-42-38(31-41)25-29-45-46-32-36-15-7-8-16-37(36)33-49(46)51(50(42)45)47-21-11-9-19-43(47)44-20-10-12-22-48(44)51/h1-33H. The fourth-order valence-corrected chi connectivity index (χ4v) is 9.25. The molecule has 1 spiro atoms. The second kappa shape index (κ2) is 11.2. The second-order valence-corrected chi connectivity index (χ2v) is 14.1. The molecule has 0 bridgehead atoms. The Morgan fingerprint density at radius 3 is 1.58 bits per heavy atom. The predicted octanol–water partition coefficient (Wildman–Crippen LogP) is 13.5. The summed E-state index contributed by atoms with van der Waals surface area (Å²) in [4.78, 5) is 2.37. The van der Waals surface area contributed by atoms with Gasteiger partial charge in [0.2, 0.25) is 0 Å². The molecule has 9 aromatic rings. The van der Waals surface area contributed by atoms with Crippen LogP contribution in [-0.4, -0.2) is 0 Å². The topological polar surface area (TPSA) is 3.24 Å². The normalized spacial score (nSPS) is 13.2. The minimum atomic E-state index is -0.421. The molecule has 0 radical (unpaired) electrons. The van der Waals surface area contributed by atoms with E-state index in [2.05, 4.69) is 205 Å². The number of hydrogen-bond donors (Lipinski definition) is 0. The van der Waals surface area contributed by atoms with Crippen molar-refractivity contribution in [3.05, 3.63) is 222 Å². The van der Waals surface area contributed by atoms with Gasteiger partial charge >= 0.3 is 0 Å². The fraction of sp³-hybridized carbons (Fsp3) is 0.0196. The van der Waals surface area contributed by atoms with Crippen LogP contribution in [-0.2, 0) is 5.41 Å². The lowest BCUT2D eigenvalue weighted by Gasteiger charge is -2.32. The van der Waals surface area contributed by atoms with Crippen LogP contribution in [0, 0.1) is 0 Å². The van der Waals surface area contributed by atoms with Crippen molar-refractivity contribution >= 4 is 38.6 Å². The van der Waals surface area contributed by atoms with Gasteiger partial charge in [0.15, 0.2) is 0 Å². The molecule has 9 aromatic carbocycles. The molecule has 0 atom stereocenters. The largest absolute Gasteiger partial charge is 0.310 e. The average Bonchev–Trinajstić information content (AvgIpc) is 3.68. The summed E-state index contributed by atoms with van der Waals surface area (Å²) in [6.07, 6.45) is 0. The minimum Gasteiger partial charge on any atom is -0.310 e. The molecule has 0 amide bonds. The van der Waals surface area contributed by atoms with Crippen molar-refractivity contribution in [3.63, 3.8) is 0 Å². The molecule has 1 heteroatoms. The molecule has 242 valence electrons. The van der Waals surface area contributed by atoms with Crippen LogP contribution in [0.15, 0.2) is 200 Å². The van der Waals surface area contributed by atoms with Gasteiger partial charge in [-0.2, -0.15) is 0 Å². The molecular weight excluding hydrogens is 627 g/mol. The number of fused-ring (bicyclic) bond motifs is 13. The Bertz CT molecular complexity index is 2790. The van der Waals surface area contributed by atoms with Gasteiger partial charge in [0.25, 0.3) is 0 Å². The van der Waals surface area contributed by atoms with Gasteiger partial charge in [-0.15, -0.1) is 0 Å². The van der Waals surface area contributed by atoms with Crippen molar-refractivity contribution < 1.29 is 0 Å². The van der Waals surface area contributed by atoms with Gasteiger partial charge in [-0.05, 0) is 126 Å². The molecule has 11 rings (SSSR count). The number of para-hydroxylation sites is 1. The van der Waals surface area contributed by atoms with Crippen LogP contribution in [0.5, 0.6) is 0 Å². The van der Waals surface area contributed by atoms with Crippen molar-refractivity contribution in [2.75, 3.05) is 4.90 Å². The van der Waals surface area contributed by atoms with Gasteiger partial charge in [0, 0.05) is 17.1 Å². The Hall–Kier alpha value is -6.70. The number of rotatable bonds is 4. The number of anilines is 3. The Morgan fingerprint density at radius 2 is 0.865 bits per heavy atom. The summed E-state index contributed by atoms with van der Waals surface area (Å²) in [5.41, 5.74) is 16.2. The van der Waals surface area contributed by atoms with Crippen molar-refractivity contribution in [1.29, 1.82) is 0 Å². The van der Waals surface area contributed by atoms with Gasteiger partial charge in [-0.25, -0.2) is 0 Å². The molecule has 0 saturated carbocycles. The Labute approximate surface area is 303 Å². The van der Waals surface area contributed by atoms with Gasteiger partial charge < -0.3 is 4.90 Å². The number of nitrogens with zero attached hydrogens (tertiary/aromatic N) is 1. The lowest BCUT2D eigenvalue weighted by Crippen LogP contribution is -2.26. The lowest BCUT2D eigenvalue weighted by atomic mass is 9.69. The Morgan fingerprint density at radius 1 is 0.308 bits per heavy atom. The van der Waals surface area contributed by atoms with Gasteiger partial charge in [0.1, 0.15) is 0 Å². The second-order valence-electron chi connectivity index (χ2n) is 14.1. The van der Waals surface area contributed by atoms with E-state index < -0.39 is 5.41 Å². The predicted molar refractivity (Wildman–Crippen MR) is 218 cm³/mol. The van der Waals surface area contributed by atoms with E-state index in [4.69, 9.17) is 0 Å². The van der Waals surface area contributed by atoms with Crippen LogP contribution in [0.25, 0.3) is 54.9 Å². The smallest absolute Gasteiger partial charge is 0.0731 e. The SMILES string of the molecule is c1ccc(-c2ccc(N(c3ccccc3)c3ccc4c5c(ccc4c3)-c3cc4ccccc4cc3C53c4ccccc4-c4ccccc43)cc2)cc1. The molecule has 0 N–H and O–H groups in total. The third-order valence-electron chi connectivity index (χ3n) is 11.4. The molecule has 0 saturated heterocycles. The first-order chi connectivity index (χ1) is 25.8. The minimum absolute atomic E-state index is 0.421. The van der Waals surface area contributed by atoms with E-state index in [0.717, 1.165) is 17.1 Å². The quantitative estimate of drug-likeness (QED) is 0.182. The molecule has 0 heterocycles. The summed E-state index contributed by atoms with van der Waals surface area (Å²) in [5.74, 6) is 0. The van der Waals surface area contributed by atoms with E-state index >= 15 is 0 Å². The summed E-state index contributed by atoms with van der Waals surface area (Å²) in [7, 11) is 0. The van der Waals surface area contributed by atoms with E-state index in [0.29, 0.717) is 0 Å². The summed E-state index contributed by atoms with van der Waals surface area (Å²) < 4.78 is 0. The molecule has 2 aliphatic carbocycles. The number of hydrogen-bond acceptors (Lipinski definition) is 1. The van der Waals surface area contributed by atoms with E-state index in [-0.39, 0.29) is 0 Å². The molecular formula is C51H33N. The van der Waals surface area contributed by atoms with Crippen molar-refractivity contribution in [1.82, 2.24) is 0 Å². The van der Waals surface area contributed by atoms with E-state index in [1.807, 2.05) is 0 Å². The van der Waals surface area contributed by atoms with E-state index in [9.17, 15) is 0 Å². The third-order valence-corrected chi connectivity index (χ3v) is 11.4. The monoisotopic (exact) mass is 659 g/mol. The zero-order chi connectivity index (χ0) is 34.2. The molecule has 2 aliphatic rings. The first-order valence-corrected chi connectivity index (χ1v) is 18.1. The van der Waals surface area contributed by atoms with Crippen LogP contribution in [0.4, 0.5) is 17.1 Å². The van der Waals surface area contributed by atoms with Crippen LogP contribution in [0.2, 0.25) is 0 Å². The maximum atomic E-state index is 2.47. The van der Waals surface area contributed by atoms with Crippen molar-refractivity contribution in [2.45, 2.75) is 5.41 Å².